The number of hydrogen-bond donors (Lipinski definition) is 2. The first-order valence-electron chi connectivity index (χ1n) is 8.54. The molecule has 1 amide bonds. The van der Waals surface area contributed by atoms with Crippen molar-refractivity contribution in [3.63, 3.8) is 0 Å². The van der Waals surface area contributed by atoms with Crippen LogP contribution < -0.4 is 26.2 Å². The van der Waals surface area contributed by atoms with Crippen LogP contribution >= 0.6 is 0 Å². The third-order valence-electron chi connectivity index (χ3n) is 4.64. The Morgan fingerprint density at radius 2 is 2.15 bits per heavy atom. The van der Waals surface area contributed by atoms with Gasteiger partial charge in [0.1, 0.15) is 17.4 Å². The van der Waals surface area contributed by atoms with E-state index in [9.17, 15) is 18.8 Å². The number of aromatic amines is 1. The topological polar surface area (TPSA) is 96.4 Å². The summed E-state index contributed by atoms with van der Waals surface area (Å²) in [6.07, 6.45) is 0.586. The Bertz CT molecular complexity index is 937. The number of carbonyl (C=O) groups is 1. The molecule has 1 aromatic heterocycles. The smallest absolute Gasteiger partial charge is 0.329 e. The molecule has 2 aromatic rings. The van der Waals surface area contributed by atoms with Crippen LogP contribution in [-0.2, 0) is 18.3 Å². The summed E-state index contributed by atoms with van der Waals surface area (Å²) in [6.45, 7) is 1.05. The lowest BCUT2D eigenvalue weighted by molar-refractivity contribution is -0.121. The quantitative estimate of drug-likeness (QED) is 0.775. The maximum absolute atomic E-state index is 14.0. The highest BCUT2D eigenvalue weighted by atomic mass is 19.1. The van der Waals surface area contributed by atoms with Crippen LogP contribution in [0.5, 0.6) is 5.75 Å². The van der Waals surface area contributed by atoms with Crippen LogP contribution in [0, 0.1) is 5.82 Å². The van der Waals surface area contributed by atoms with Gasteiger partial charge in [-0.15, -0.1) is 0 Å². The van der Waals surface area contributed by atoms with Gasteiger partial charge >= 0.3 is 5.69 Å². The van der Waals surface area contributed by atoms with Crippen LogP contribution in [0.1, 0.15) is 12.0 Å². The molecule has 8 nitrogen and oxygen atoms in total. The van der Waals surface area contributed by atoms with Crippen molar-refractivity contribution in [3.8, 4) is 5.75 Å². The second-order valence-electron chi connectivity index (χ2n) is 6.49. The summed E-state index contributed by atoms with van der Waals surface area (Å²) in [7, 11) is 2.85. The second-order valence-corrected chi connectivity index (χ2v) is 6.49. The molecule has 0 saturated carbocycles. The van der Waals surface area contributed by atoms with E-state index in [4.69, 9.17) is 4.74 Å². The zero-order chi connectivity index (χ0) is 19.6. The van der Waals surface area contributed by atoms with Crippen molar-refractivity contribution in [1.82, 2.24) is 14.9 Å². The van der Waals surface area contributed by atoms with E-state index in [1.54, 1.807) is 6.07 Å². The van der Waals surface area contributed by atoms with E-state index in [1.807, 2.05) is 4.90 Å². The fraction of sp³-hybridized carbons (Fsp3) is 0.389. The number of carbonyl (C=O) groups excluding carboxylic acids is 1. The molecule has 2 heterocycles. The van der Waals surface area contributed by atoms with Gasteiger partial charge in [0.15, 0.2) is 0 Å². The van der Waals surface area contributed by atoms with Crippen molar-refractivity contribution >= 4 is 11.7 Å². The van der Waals surface area contributed by atoms with E-state index >= 15 is 0 Å². The first-order valence-corrected chi connectivity index (χ1v) is 8.54. The van der Waals surface area contributed by atoms with Crippen LogP contribution in [0.2, 0.25) is 0 Å². The number of benzene rings is 1. The molecular formula is C18H21FN4O4. The number of halogens is 1. The molecule has 2 N–H and O–H groups in total. The zero-order valence-electron chi connectivity index (χ0n) is 15.1. The molecule has 0 radical (unpaired) electrons. The third kappa shape index (κ3) is 4.18. The largest absolute Gasteiger partial charge is 0.497 e. The van der Waals surface area contributed by atoms with Gasteiger partial charge in [-0.25, -0.2) is 9.18 Å². The number of nitrogens with zero attached hydrogens (tertiary/aromatic N) is 2. The molecule has 0 bridgehead atoms. The van der Waals surface area contributed by atoms with Crippen molar-refractivity contribution in [2.45, 2.75) is 18.9 Å². The number of H-pyrrole nitrogens is 1. The Morgan fingerprint density at radius 1 is 1.37 bits per heavy atom. The van der Waals surface area contributed by atoms with Crippen LogP contribution in [0.25, 0.3) is 0 Å². The fourth-order valence-corrected chi connectivity index (χ4v) is 3.06. The van der Waals surface area contributed by atoms with Crippen molar-refractivity contribution in [2.75, 3.05) is 25.1 Å². The first kappa shape index (κ1) is 18.7. The molecule has 3 rings (SSSR count). The van der Waals surface area contributed by atoms with Gasteiger partial charge in [-0.05, 0) is 18.1 Å². The van der Waals surface area contributed by atoms with Gasteiger partial charge in [-0.2, -0.15) is 0 Å². The number of rotatable bonds is 5. The van der Waals surface area contributed by atoms with Gasteiger partial charge in [0, 0.05) is 38.3 Å². The Kier molecular flexibility index (Phi) is 5.29. The minimum Gasteiger partial charge on any atom is -0.497 e. The summed E-state index contributed by atoms with van der Waals surface area (Å²) >= 11 is 0. The molecular weight excluding hydrogens is 355 g/mol. The number of methoxy groups -OCH3 is 1. The van der Waals surface area contributed by atoms with Crippen molar-refractivity contribution in [2.24, 2.45) is 7.05 Å². The van der Waals surface area contributed by atoms with Gasteiger partial charge in [-0.3, -0.25) is 19.1 Å². The normalized spacial score (nSPS) is 16.4. The molecule has 1 aromatic carbocycles. The summed E-state index contributed by atoms with van der Waals surface area (Å²) in [6, 6.07) is 5.59. The molecule has 1 atom stereocenters. The number of anilines is 1. The van der Waals surface area contributed by atoms with E-state index < -0.39 is 17.1 Å². The Labute approximate surface area is 154 Å². The predicted octanol–water partition coefficient (Wildman–Crippen LogP) is 0.159. The highest BCUT2D eigenvalue weighted by Crippen LogP contribution is 2.18. The van der Waals surface area contributed by atoms with Crippen LogP contribution in [-0.4, -0.2) is 41.7 Å². The predicted molar refractivity (Wildman–Crippen MR) is 97.7 cm³/mol. The maximum Gasteiger partial charge on any atom is 0.329 e. The lowest BCUT2D eigenvalue weighted by Gasteiger charge is -2.18. The molecule has 0 spiro atoms. The molecule has 1 aliphatic heterocycles. The summed E-state index contributed by atoms with van der Waals surface area (Å²) in [4.78, 5) is 40.2. The summed E-state index contributed by atoms with van der Waals surface area (Å²) in [5, 5.41) is 2.87. The SMILES string of the molecule is COc1ccc(CC(=O)N[C@H]2CCN(c3cc(=O)n(C)c(=O)[nH]3)C2)c(F)c1. The molecule has 1 aliphatic rings. The zero-order valence-corrected chi connectivity index (χ0v) is 15.1. The second kappa shape index (κ2) is 7.65. The van der Waals surface area contributed by atoms with Crippen LogP contribution in [0.3, 0.4) is 0 Å². The number of ether oxygens (including phenoxy) is 1. The van der Waals surface area contributed by atoms with Crippen molar-refractivity contribution in [3.05, 3.63) is 56.5 Å². The van der Waals surface area contributed by atoms with Gasteiger partial charge in [0.05, 0.1) is 13.5 Å². The standard InChI is InChI=1S/C18H21FN4O4/c1-22-17(25)9-15(21-18(22)26)23-6-5-12(10-23)20-16(24)7-11-3-4-13(27-2)8-14(11)19/h3-4,8-9,12H,5-7,10H2,1-2H3,(H,20,24)(H,21,26)/t12-/m0/s1. The average Bonchev–Trinajstić information content (AvgIpc) is 3.09. The highest BCUT2D eigenvalue weighted by molar-refractivity contribution is 5.79. The number of aromatic nitrogens is 2. The van der Waals surface area contributed by atoms with Crippen LogP contribution in [0.15, 0.2) is 33.9 Å². The Balaban J connectivity index is 1.60. The summed E-state index contributed by atoms with van der Waals surface area (Å²) < 4.78 is 19.9. The highest BCUT2D eigenvalue weighted by Gasteiger charge is 2.25. The van der Waals surface area contributed by atoms with E-state index in [-0.39, 0.29) is 18.4 Å². The maximum atomic E-state index is 14.0. The van der Waals surface area contributed by atoms with E-state index in [0.29, 0.717) is 36.6 Å². The minimum atomic E-state index is -0.491. The third-order valence-corrected chi connectivity index (χ3v) is 4.64. The summed E-state index contributed by atoms with van der Waals surface area (Å²) in [5.41, 5.74) is -0.588. The van der Waals surface area contributed by atoms with E-state index in [1.165, 1.54) is 32.4 Å². The lowest BCUT2D eigenvalue weighted by Crippen LogP contribution is -2.39. The lowest BCUT2D eigenvalue weighted by atomic mass is 10.1. The van der Waals surface area contributed by atoms with Crippen molar-refractivity contribution < 1.29 is 13.9 Å². The average molecular weight is 376 g/mol. The van der Waals surface area contributed by atoms with Gasteiger partial charge in [0.2, 0.25) is 5.91 Å². The molecule has 0 unspecified atom stereocenters. The van der Waals surface area contributed by atoms with Crippen LogP contribution in [0.4, 0.5) is 10.2 Å². The minimum absolute atomic E-state index is 0.0744. The number of hydrogen-bond acceptors (Lipinski definition) is 5. The van der Waals surface area contributed by atoms with Gasteiger partial charge in [0.25, 0.3) is 5.56 Å². The van der Waals surface area contributed by atoms with Gasteiger partial charge < -0.3 is 15.0 Å². The van der Waals surface area contributed by atoms with E-state index in [0.717, 1.165) is 4.57 Å². The van der Waals surface area contributed by atoms with E-state index in [2.05, 4.69) is 10.3 Å². The fourth-order valence-electron chi connectivity index (χ4n) is 3.06. The van der Waals surface area contributed by atoms with Crippen molar-refractivity contribution in [1.29, 1.82) is 0 Å². The molecule has 27 heavy (non-hydrogen) atoms. The number of nitrogens with one attached hydrogen (secondary N) is 2. The molecule has 144 valence electrons. The molecule has 9 heteroatoms. The molecule has 0 aliphatic carbocycles. The Hall–Kier alpha value is -3.10. The molecule has 1 fully saturated rings. The molecule has 1 saturated heterocycles. The monoisotopic (exact) mass is 376 g/mol. The summed E-state index contributed by atoms with van der Waals surface area (Å²) in [5.74, 6) is 0.0470. The first-order chi connectivity index (χ1) is 12.9. The van der Waals surface area contributed by atoms with Gasteiger partial charge in [-0.1, -0.05) is 6.07 Å². The number of amides is 1. The Morgan fingerprint density at radius 3 is 2.81 bits per heavy atom.